The topological polar surface area (TPSA) is 0 Å². The second kappa shape index (κ2) is 3.28. The van der Waals surface area contributed by atoms with E-state index in [1.165, 1.54) is 16.3 Å². The van der Waals surface area contributed by atoms with E-state index in [1.54, 1.807) is 0 Å². The van der Waals surface area contributed by atoms with Gasteiger partial charge in [-0.1, -0.05) is 52.3 Å². The average Bonchev–Trinajstić information content (AvgIpc) is 2.17. The Kier molecular flexibility index (Phi) is 2.13. The third-order valence-electron chi connectivity index (χ3n) is 1.90. The van der Waals surface area contributed by atoms with Crippen LogP contribution in [0.25, 0.3) is 10.8 Å². The largest absolute Gasteiger partial charge is 0.0823 e. The Morgan fingerprint density at radius 2 is 1.67 bits per heavy atom. The normalized spacial score (nSPS) is 10.4. The van der Waals surface area contributed by atoms with Crippen molar-refractivity contribution < 1.29 is 0 Å². The first kappa shape index (κ1) is 7.81. The van der Waals surface area contributed by atoms with Crippen molar-refractivity contribution in [3.63, 3.8) is 0 Å². The van der Waals surface area contributed by atoms with Gasteiger partial charge < -0.3 is 0 Å². The molecule has 1 heteroatoms. The number of rotatable bonds is 1. The molecule has 0 aliphatic rings. The fourth-order valence-electron chi connectivity index (χ4n) is 1.28. The minimum atomic E-state index is 1.20. The maximum Gasteiger partial charge on any atom is 0.0561 e. The van der Waals surface area contributed by atoms with E-state index in [1.807, 2.05) is 5.33 Å². The smallest absolute Gasteiger partial charge is 0.0561 e. The molecule has 0 saturated carbocycles. The molecule has 0 bridgehead atoms. The van der Waals surface area contributed by atoms with Crippen molar-refractivity contribution in [3.05, 3.63) is 53.4 Å². The average molecular weight is 220 g/mol. The molecular formula is C11H8Br. The Labute approximate surface area is 80.3 Å². The van der Waals surface area contributed by atoms with Crippen molar-refractivity contribution in [3.8, 4) is 0 Å². The van der Waals surface area contributed by atoms with E-state index in [4.69, 9.17) is 0 Å². The highest BCUT2D eigenvalue weighted by atomic mass is 79.9. The monoisotopic (exact) mass is 219 g/mol. The highest BCUT2D eigenvalue weighted by molar-refractivity contribution is 9.10. The minimum absolute atomic E-state index is 1.20. The third kappa shape index (κ3) is 1.37. The fourth-order valence-corrected chi connectivity index (χ4v) is 1.56. The van der Waals surface area contributed by atoms with Crippen molar-refractivity contribution in [2.24, 2.45) is 0 Å². The lowest BCUT2D eigenvalue weighted by atomic mass is 10.1. The predicted octanol–water partition coefficient (Wildman–Crippen LogP) is 3.74. The first-order chi connectivity index (χ1) is 5.90. The lowest BCUT2D eigenvalue weighted by Gasteiger charge is -1.98. The van der Waals surface area contributed by atoms with Crippen LogP contribution in [0.5, 0.6) is 0 Å². The van der Waals surface area contributed by atoms with Crippen LogP contribution in [-0.2, 0) is 0 Å². The molecule has 0 atom stereocenters. The molecule has 59 valence electrons. The van der Waals surface area contributed by atoms with Gasteiger partial charge in [-0.25, -0.2) is 0 Å². The third-order valence-corrected chi connectivity index (χ3v) is 2.43. The van der Waals surface area contributed by atoms with Gasteiger partial charge in [0.05, 0.1) is 5.33 Å². The van der Waals surface area contributed by atoms with Crippen LogP contribution in [0.3, 0.4) is 0 Å². The Hall–Kier alpha value is -0.820. The zero-order valence-electron chi connectivity index (χ0n) is 6.50. The SMILES string of the molecule is Br[CH]c1ccc2ccccc2c1. The summed E-state index contributed by atoms with van der Waals surface area (Å²) in [5.41, 5.74) is 1.20. The standard InChI is InChI=1S/C11H8Br/c12-8-9-5-6-10-3-1-2-4-11(10)7-9/h1-8H. The van der Waals surface area contributed by atoms with Crippen LogP contribution in [0.15, 0.2) is 42.5 Å². The Morgan fingerprint density at radius 3 is 2.42 bits per heavy atom. The van der Waals surface area contributed by atoms with Gasteiger partial charge in [0.2, 0.25) is 0 Å². The summed E-state index contributed by atoms with van der Waals surface area (Å²) in [6.45, 7) is 0. The molecule has 0 spiro atoms. The van der Waals surface area contributed by atoms with Gasteiger partial charge in [0.25, 0.3) is 0 Å². The zero-order valence-corrected chi connectivity index (χ0v) is 8.08. The predicted molar refractivity (Wildman–Crippen MR) is 56.3 cm³/mol. The second-order valence-electron chi connectivity index (χ2n) is 2.72. The van der Waals surface area contributed by atoms with Gasteiger partial charge in [0, 0.05) is 0 Å². The van der Waals surface area contributed by atoms with Gasteiger partial charge in [0.15, 0.2) is 0 Å². The van der Waals surface area contributed by atoms with E-state index in [0.717, 1.165) is 0 Å². The van der Waals surface area contributed by atoms with Gasteiger partial charge >= 0.3 is 0 Å². The Balaban J connectivity index is 2.67. The molecule has 0 unspecified atom stereocenters. The molecule has 0 amide bonds. The first-order valence-electron chi connectivity index (χ1n) is 3.82. The fraction of sp³-hybridized carbons (Fsp3) is 0. The maximum atomic E-state index is 3.32. The summed E-state index contributed by atoms with van der Waals surface area (Å²) in [6.07, 6.45) is 0. The van der Waals surface area contributed by atoms with Crippen LogP contribution in [0.4, 0.5) is 0 Å². The van der Waals surface area contributed by atoms with Crippen LogP contribution < -0.4 is 0 Å². The molecule has 0 heterocycles. The summed E-state index contributed by atoms with van der Waals surface area (Å²) in [6, 6.07) is 14.7. The zero-order chi connectivity index (χ0) is 8.39. The lowest BCUT2D eigenvalue weighted by molar-refractivity contribution is 1.65. The number of fused-ring (bicyclic) bond motifs is 1. The van der Waals surface area contributed by atoms with Crippen molar-refractivity contribution in [1.29, 1.82) is 0 Å². The van der Waals surface area contributed by atoms with E-state index in [-0.39, 0.29) is 0 Å². The molecule has 0 saturated heterocycles. The quantitative estimate of drug-likeness (QED) is 0.686. The molecule has 2 aromatic carbocycles. The molecule has 0 fully saturated rings. The summed E-state index contributed by atoms with van der Waals surface area (Å²) in [4.78, 5) is 0. The minimum Gasteiger partial charge on any atom is -0.0823 e. The van der Waals surface area contributed by atoms with E-state index < -0.39 is 0 Å². The van der Waals surface area contributed by atoms with Crippen molar-refractivity contribution in [1.82, 2.24) is 0 Å². The summed E-state index contributed by atoms with van der Waals surface area (Å²) < 4.78 is 0. The Bertz CT molecular complexity index is 393. The summed E-state index contributed by atoms with van der Waals surface area (Å²) in [7, 11) is 0. The van der Waals surface area contributed by atoms with Gasteiger partial charge in [0.1, 0.15) is 0 Å². The van der Waals surface area contributed by atoms with Gasteiger partial charge in [-0.3, -0.25) is 0 Å². The lowest BCUT2D eigenvalue weighted by Crippen LogP contribution is -1.75. The van der Waals surface area contributed by atoms with Gasteiger partial charge in [-0.05, 0) is 22.4 Å². The Morgan fingerprint density at radius 1 is 0.917 bits per heavy atom. The van der Waals surface area contributed by atoms with Crippen LogP contribution in [0.2, 0.25) is 0 Å². The van der Waals surface area contributed by atoms with Gasteiger partial charge in [-0.15, -0.1) is 0 Å². The molecule has 0 aliphatic heterocycles. The number of halogens is 1. The van der Waals surface area contributed by atoms with Crippen LogP contribution in [0.1, 0.15) is 5.56 Å². The number of hydrogen-bond acceptors (Lipinski definition) is 0. The number of hydrogen-bond donors (Lipinski definition) is 0. The second-order valence-corrected chi connectivity index (χ2v) is 3.17. The molecule has 2 aromatic rings. The summed E-state index contributed by atoms with van der Waals surface area (Å²) in [5, 5.41) is 4.50. The van der Waals surface area contributed by atoms with Crippen molar-refractivity contribution >= 4 is 26.7 Å². The van der Waals surface area contributed by atoms with E-state index in [9.17, 15) is 0 Å². The molecule has 0 N–H and O–H groups in total. The first-order valence-corrected chi connectivity index (χ1v) is 4.74. The maximum absolute atomic E-state index is 3.32. The molecule has 0 aromatic heterocycles. The number of benzene rings is 2. The molecule has 0 aliphatic carbocycles. The molecule has 0 nitrogen and oxygen atoms in total. The highest BCUT2D eigenvalue weighted by Gasteiger charge is 1.93. The van der Waals surface area contributed by atoms with E-state index in [2.05, 4.69) is 58.4 Å². The van der Waals surface area contributed by atoms with Crippen molar-refractivity contribution in [2.75, 3.05) is 0 Å². The van der Waals surface area contributed by atoms with Crippen molar-refractivity contribution in [2.45, 2.75) is 0 Å². The van der Waals surface area contributed by atoms with Gasteiger partial charge in [-0.2, -0.15) is 0 Å². The van der Waals surface area contributed by atoms with E-state index in [0.29, 0.717) is 0 Å². The van der Waals surface area contributed by atoms with E-state index >= 15 is 0 Å². The van der Waals surface area contributed by atoms with Crippen LogP contribution in [-0.4, -0.2) is 0 Å². The molecular weight excluding hydrogens is 212 g/mol. The molecule has 2 rings (SSSR count). The van der Waals surface area contributed by atoms with Crippen LogP contribution >= 0.6 is 15.9 Å². The molecule has 1 radical (unpaired) electrons. The van der Waals surface area contributed by atoms with Crippen LogP contribution in [0, 0.1) is 5.33 Å². The summed E-state index contributed by atoms with van der Waals surface area (Å²) in [5.74, 6) is 0. The molecule has 12 heavy (non-hydrogen) atoms. The highest BCUT2D eigenvalue weighted by Crippen LogP contribution is 2.17. The summed E-state index contributed by atoms with van der Waals surface area (Å²) >= 11 is 3.32.